The van der Waals surface area contributed by atoms with Crippen LogP contribution in [-0.2, 0) is 14.3 Å². The Morgan fingerprint density at radius 1 is 1.24 bits per heavy atom. The summed E-state index contributed by atoms with van der Waals surface area (Å²) in [6, 6.07) is 8.85. The second-order valence-electron chi connectivity index (χ2n) is 5.64. The van der Waals surface area contributed by atoms with Crippen LogP contribution in [0.2, 0.25) is 0 Å². The first-order chi connectivity index (χ1) is 12.1. The largest absolute Gasteiger partial charge is 0.443 e. The highest BCUT2D eigenvalue weighted by Crippen LogP contribution is 2.25. The predicted molar refractivity (Wildman–Crippen MR) is 87.6 cm³/mol. The van der Waals surface area contributed by atoms with Gasteiger partial charge in [0.15, 0.2) is 0 Å². The minimum Gasteiger partial charge on any atom is -0.443 e. The quantitative estimate of drug-likeness (QED) is 0.833. The number of anilines is 1. The number of hydrogen-bond acceptors (Lipinski definition) is 7. The number of rotatable bonds is 4. The maximum absolute atomic E-state index is 12.9. The van der Waals surface area contributed by atoms with Gasteiger partial charge in [0.05, 0.1) is 18.9 Å². The van der Waals surface area contributed by atoms with Crippen molar-refractivity contribution in [2.75, 3.05) is 32.0 Å². The van der Waals surface area contributed by atoms with Crippen molar-refractivity contribution in [2.24, 2.45) is 0 Å². The zero-order valence-electron chi connectivity index (χ0n) is 13.8. The molecule has 1 amide bonds. The van der Waals surface area contributed by atoms with Gasteiger partial charge in [-0.15, -0.1) is 0 Å². The van der Waals surface area contributed by atoms with E-state index < -0.39 is 12.1 Å². The van der Waals surface area contributed by atoms with Crippen LogP contribution in [0.3, 0.4) is 0 Å². The predicted octanol–water partition coefficient (Wildman–Crippen LogP) is 1.32. The van der Waals surface area contributed by atoms with Crippen LogP contribution in [0.25, 0.3) is 0 Å². The Hall–Kier alpha value is -2.87. The van der Waals surface area contributed by atoms with E-state index in [0.717, 1.165) is 0 Å². The van der Waals surface area contributed by atoms with Gasteiger partial charge in [0, 0.05) is 18.7 Å². The second kappa shape index (κ2) is 7.35. The van der Waals surface area contributed by atoms with Crippen LogP contribution in [-0.4, -0.2) is 48.2 Å². The summed E-state index contributed by atoms with van der Waals surface area (Å²) < 4.78 is 15.6. The van der Waals surface area contributed by atoms with Gasteiger partial charge in [0.2, 0.25) is 12.0 Å². The van der Waals surface area contributed by atoms with E-state index in [9.17, 15) is 9.59 Å². The molecule has 0 spiro atoms. The molecule has 3 rings (SSSR count). The summed E-state index contributed by atoms with van der Waals surface area (Å²) in [5, 5.41) is 3.64. The Balaban J connectivity index is 1.86. The Labute approximate surface area is 144 Å². The molecule has 1 aliphatic heterocycles. The minimum atomic E-state index is -1.07. The van der Waals surface area contributed by atoms with Gasteiger partial charge >= 0.3 is 5.97 Å². The average Bonchev–Trinajstić information content (AvgIpc) is 2.99. The van der Waals surface area contributed by atoms with Crippen molar-refractivity contribution >= 4 is 17.8 Å². The molecule has 2 heterocycles. The number of amides is 1. The topological polar surface area (TPSA) is 108 Å². The average molecular weight is 345 g/mol. The number of ether oxygens (including phenoxy) is 2. The number of aromatic nitrogens is 1. The lowest BCUT2D eigenvalue weighted by molar-refractivity contribution is -0.145. The highest BCUT2D eigenvalue weighted by Gasteiger charge is 2.32. The molecule has 2 N–H and O–H groups in total. The molecule has 0 saturated carbocycles. The summed E-state index contributed by atoms with van der Waals surface area (Å²) >= 11 is 0. The zero-order valence-corrected chi connectivity index (χ0v) is 13.8. The lowest BCUT2D eigenvalue weighted by atomic mass is 10.1. The molecular formula is C17H19N3O5. The first-order valence-corrected chi connectivity index (χ1v) is 7.92. The Kier molecular flexibility index (Phi) is 4.99. The summed E-state index contributed by atoms with van der Waals surface area (Å²) in [6.07, 6.45) is -1.07. The Bertz CT molecular complexity index is 733. The molecule has 1 aromatic heterocycles. The molecule has 132 valence electrons. The van der Waals surface area contributed by atoms with E-state index in [-0.39, 0.29) is 17.4 Å². The normalized spacial score (nSPS) is 15.6. The zero-order chi connectivity index (χ0) is 17.8. The van der Waals surface area contributed by atoms with E-state index in [1.807, 2.05) is 6.07 Å². The highest BCUT2D eigenvalue weighted by atomic mass is 16.6. The van der Waals surface area contributed by atoms with Gasteiger partial charge in [-0.25, -0.2) is 4.79 Å². The minimum absolute atomic E-state index is 0.0377. The van der Waals surface area contributed by atoms with Crippen molar-refractivity contribution in [3.8, 4) is 0 Å². The van der Waals surface area contributed by atoms with Crippen LogP contribution >= 0.6 is 0 Å². The van der Waals surface area contributed by atoms with E-state index in [4.69, 9.17) is 19.7 Å². The number of nitrogen functional groups attached to an aromatic ring is 1. The van der Waals surface area contributed by atoms with Crippen molar-refractivity contribution in [3.05, 3.63) is 47.2 Å². The van der Waals surface area contributed by atoms with Gasteiger partial charge in [-0.05, 0) is 6.92 Å². The van der Waals surface area contributed by atoms with Crippen molar-refractivity contribution in [1.29, 1.82) is 0 Å². The molecule has 0 radical (unpaired) electrons. The number of nitrogens with zero attached hydrogens (tertiary/aromatic N) is 2. The number of carbonyl (C=O) groups excluding carboxylic acids is 2. The number of hydrogen-bond donors (Lipinski definition) is 1. The summed E-state index contributed by atoms with van der Waals surface area (Å²) in [5.41, 5.74) is 6.57. The Morgan fingerprint density at radius 3 is 2.52 bits per heavy atom. The molecule has 2 aromatic rings. The van der Waals surface area contributed by atoms with Crippen LogP contribution in [0, 0.1) is 6.92 Å². The summed E-state index contributed by atoms with van der Waals surface area (Å²) in [6.45, 7) is 3.40. The van der Waals surface area contributed by atoms with Gasteiger partial charge < -0.3 is 24.6 Å². The number of esters is 1. The summed E-state index contributed by atoms with van der Waals surface area (Å²) in [5.74, 6) is -1.17. The van der Waals surface area contributed by atoms with E-state index in [2.05, 4.69) is 5.16 Å². The molecule has 1 atom stereocenters. The molecule has 1 aliphatic rings. The molecule has 0 aliphatic carbocycles. The van der Waals surface area contributed by atoms with Crippen LogP contribution in [0.15, 0.2) is 34.9 Å². The van der Waals surface area contributed by atoms with E-state index in [1.165, 1.54) is 0 Å². The fraction of sp³-hybridized carbons (Fsp3) is 0.353. The Morgan fingerprint density at radius 2 is 1.92 bits per heavy atom. The molecule has 8 nitrogen and oxygen atoms in total. The fourth-order valence-electron chi connectivity index (χ4n) is 2.64. The van der Waals surface area contributed by atoms with Crippen LogP contribution in [0.5, 0.6) is 0 Å². The fourth-order valence-corrected chi connectivity index (χ4v) is 2.64. The molecule has 1 saturated heterocycles. The molecule has 0 bridgehead atoms. The number of aryl methyl sites for hydroxylation is 1. The maximum Gasteiger partial charge on any atom is 0.346 e. The molecule has 1 unspecified atom stereocenters. The van der Waals surface area contributed by atoms with Crippen molar-refractivity contribution in [2.45, 2.75) is 13.0 Å². The maximum atomic E-state index is 12.9. The van der Waals surface area contributed by atoms with Gasteiger partial charge in [0.1, 0.15) is 5.56 Å². The van der Waals surface area contributed by atoms with Gasteiger partial charge in [-0.2, -0.15) is 0 Å². The monoisotopic (exact) mass is 345 g/mol. The van der Waals surface area contributed by atoms with Gasteiger partial charge in [-0.3, -0.25) is 4.79 Å². The SMILES string of the molecule is Cc1noc(N)c1C(=O)OC(C(=O)N1CCOCC1)c1ccccc1. The van der Waals surface area contributed by atoms with E-state index in [1.54, 1.807) is 36.1 Å². The molecule has 1 fully saturated rings. The first-order valence-electron chi connectivity index (χ1n) is 7.92. The van der Waals surface area contributed by atoms with E-state index >= 15 is 0 Å². The van der Waals surface area contributed by atoms with Crippen LogP contribution < -0.4 is 5.73 Å². The lowest BCUT2D eigenvalue weighted by Gasteiger charge is -2.30. The van der Waals surface area contributed by atoms with Crippen molar-refractivity contribution in [3.63, 3.8) is 0 Å². The summed E-state index contributed by atoms with van der Waals surface area (Å²) in [4.78, 5) is 27.0. The number of morpholine rings is 1. The molecular weight excluding hydrogens is 326 g/mol. The highest BCUT2D eigenvalue weighted by molar-refractivity contribution is 5.96. The smallest absolute Gasteiger partial charge is 0.346 e. The van der Waals surface area contributed by atoms with Crippen molar-refractivity contribution in [1.82, 2.24) is 10.1 Å². The van der Waals surface area contributed by atoms with Gasteiger partial charge in [-0.1, -0.05) is 35.5 Å². The third kappa shape index (κ3) is 3.63. The standard InChI is InChI=1S/C17H19N3O5/c1-11-13(15(18)25-19-11)17(22)24-14(12-5-3-2-4-6-12)16(21)20-7-9-23-10-8-20/h2-6,14H,7-10,18H2,1H3. The first kappa shape index (κ1) is 17.0. The summed E-state index contributed by atoms with van der Waals surface area (Å²) in [7, 11) is 0. The lowest BCUT2D eigenvalue weighted by Crippen LogP contribution is -2.44. The van der Waals surface area contributed by atoms with Crippen molar-refractivity contribution < 1.29 is 23.6 Å². The van der Waals surface area contributed by atoms with E-state index in [0.29, 0.717) is 37.6 Å². The molecule has 1 aromatic carbocycles. The number of benzene rings is 1. The molecule has 8 heteroatoms. The van der Waals surface area contributed by atoms with Crippen LogP contribution in [0.1, 0.15) is 27.7 Å². The third-order valence-electron chi connectivity index (χ3n) is 3.97. The third-order valence-corrected chi connectivity index (χ3v) is 3.97. The molecule has 25 heavy (non-hydrogen) atoms. The number of nitrogens with two attached hydrogens (primary N) is 1. The van der Waals surface area contributed by atoms with Gasteiger partial charge in [0.25, 0.3) is 5.91 Å². The van der Waals surface area contributed by atoms with Crippen LogP contribution in [0.4, 0.5) is 5.88 Å². The number of carbonyl (C=O) groups is 2. The second-order valence-corrected chi connectivity index (χ2v) is 5.64.